The van der Waals surface area contributed by atoms with Crippen molar-refractivity contribution in [2.45, 2.75) is 140 Å². The average molecular weight is 1110 g/mol. The first-order valence-corrected chi connectivity index (χ1v) is 26.3. The zero-order valence-electron chi connectivity index (χ0n) is 44.5. The number of nitrogens with one attached hydrogen (secondary N) is 6. The van der Waals surface area contributed by atoms with Crippen LogP contribution in [0.25, 0.3) is 0 Å². The molecule has 0 aromatic heterocycles. The van der Waals surface area contributed by atoms with E-state index < -0.39 is 121 Å². The summed E-state index contributed by atoms with van der Waals surface area (Å²) in [7, 11) is 0. The van der Waals surface area contributed by atoms with Gasteiger partial charge in [-0.2, -0.15) is 0 Å². The molecule has 1 heterocycles. The van der Waals surface area contributed by atoms with Crippen molar-refractivity contribution in [3.63, 3.8) is 0 Å². The van der Waals surface area contributed by atoms with Crippen LogP contribution in [0.3, 0.4) is 0 Å². The Bertz CT molecular complexity index is 2570. The van der Waals surface area contributed by atoms with Crippen LogP contribution < -0.4 is 71.0 Å². The molecule has 0 saturated carbocycles. The third-order valence-corrected chi connectivity index (χ3v) is 12.8. The van der Waals surface area contributed by atoms with Crippen molar-refractivity contribution in [1.82, 2.24) is 36.8 Å². The molecular weight excluding hydrogens is 1030 g/mol. The lowest BCUT2D eigenvalue weighted by atomic mass is 10.0. The van der Waals surface area contributed by atoms with Crippen LogP contribution in [0.4, 0.5) is 0 Å². The summed E-state index contributed by atoms with van der Waals surface area (Å²) < 4.78 is 5.57. The van der Waals surface area contributed by atoms with Crippen LogP contribution in [-0.4, -0.2) is 138 Å². The van der Waals surface area contributed by atoms with Gasteiger partial charge in [-0.3, -0.25) is 52.9 Å². The van der Waals surface area contributed by atoms with Gasteiger partial charge in [0.15, 0.2) is 5.96 Å². The average Bonchev–Trinajstić information content (AvgIpc) is 3.91. The molecule has 25 heteroatoms. The van der Waals surface area contributed by atoms with Gasteiger partial charge in [0.05, 0.1) is 19.4 Å². The minimum absolute atomic E-state index is 0. The molecule has 0 bridgehead atoms. The van der Waals surface area contributed by atoms with Crippen LogP contribution in [-0.2, 0) is 67.2 Å². The topological polar surface area (TPSA) is 424 Å². The molecule has 1 aliphatic rings. The van der Waals surface area contributed by atoms with Crippen LogP contribution in [0, 0.1) is 0 Å². The van der Waals surface area contributed by atoms with Gasteiger partial charge < -0.3 is 75.9 Å². The summed E-state index contributed by atoms with van der Waals surface area (Å²) in [6, 6.07) is 14.9. The Labute approximate surface area is 466 Å². The summed E-state index contributed by atoms with van der Waals surface area (Å²) in [5.41, 5.74) is 35.1. The fourth-order valence-corrected chi connectivity index (χ4v) is 8.78. The van der Waals surface area contributed by atoms with E-state index in [4.69, 9.17) is 39.1 Å². The Morgan fingerprint density at radius 1 is 0.600 bits per heavy atom. The van der Waals surface area contributed by atoms with E-state index in [9.17, 15) is 47.9 Å². The smallest absolute Gasteiger partial charge is 0.245 e. The Morgan fingerprint density at radius 2 is 1.14 bits per heavy atom. The van der Waals surface area contributed by atoms with Gasteiger partial charge in [-0.15, -0.1) is 0 Å². The fourth-order valence-electron chi connectivity index (χ4n) is 8.78. The third-order valence-electron chi connectivity index (χ3n) is 12.8. The van der Waals surface area contributed by atoms with E-state index in [0.717, 1.165) is 0 Å². The summed E-state index contributed by atoms with van der Waals surface area (Å²) >= 11 is 0. The molecule has 1 saturated heterocycles. The Balaban J connectivity index is 0.0000168. The van der Waals surface area contributed by atoms with Crippen LogP contribution in [0.1, 0.15) is 95.2 Å². The van der Waals surface area contributed by atoms with Gasteiger partial charge >= 0.3 is 0 Å². The number of hydrogen-bond acceptors (Lipinski definition) is 13. The number of likely N-dealkylation sites (tertiary alicyclic amines) is 1. The lowest BCUT2D eigenvalue weighted by Gasteiger charge is -2.31. The quantitative estimate of drug-likeness (QED) is 0.0183. The summed E-state index contributed by atoms with van der Waals surface area (Å²) in [5.74, 6) is -7.82. The zero-order valence-corrected chi connectivity index (χ0v) is 44.5. The molecule has 4 rings (SSSR count). The second kappa shape index (κ2) is 34.3. The predicted molar refractivity (Wildman–Crippen MR) is 299 cm³/mol. The summed E-state index contributed by atoms with van der Waals surface area (Å²) in [5, 5.41) is 15.8. The number of amides is 10. The van der Waals surface area contributed by atoms with Gasteiger partial charge in [0.25, 0.3) is 0 Å². The molecule has 7 unspecified atom stereocenters. The third kappa shape index (κ3) is 22.8. The highest BCUT2D eigenvalue weighted by molar-refractivity contribution is 5.99. The number of carbonyl (C=O) groups is 10. The van der Waals surface area contributed by atoms with Crippen LogP contribution in [0.5, 0.6) is 5.75 Å². The Morgan fingerprint density at radius 3 is 1.71 bits per heavy atom. The van der Waals surface area contributed by atoms with E-state index in [-0.39, 0.29) is 71.5 Å². The number of primary amides is 3. The first-order chi connectivity index (χ1) is 37.8. The molecule has 25 nitrogen and oxygen atoms in total. The van der Waals surface area contributed by atoms with Gasteiger partial charge in [0, 0.05) is 32.4 Å². The van der Waals surface area contributed by atoms with Crippen molar-refractivity contribution in [3.05, 3.63) is 102 Å². The van der Waals surface area contributed by atoms with Gasteiger partial charge in [0.2, 0.25) is 59.1 Å². The van der Waals surface area contributed by atoms with E-state index in [0.29, 0.717) is 54.7 Å². The number of nitrogens with two attached hydrogens (primary N) is 6. The van der Waals surface area contributed by atoms with Gasteiger partial charge in [-0.05, 0) is 93.7 Å². The molecule has 10 amide bonds. The maximum absolute atomic E-state index is 14.5. The number of aliphatic imine (C=N–C) groups is 1. The normalized spacial score (nSPS) is 14.9. The number of carbonyl (C=O) groups excluding carboxylic acids is 10. The van der Waals surface area contributed by atoms with E-state index in [2.05, 4.69) is 36.9 Å². The second-order valence-corrected chi connectivity index (χ2v) is 19.1. The van der Waals surface area contributed by atoms with Gasteiger partial charge in [-0.1, -0.05) is 80.2 Å². The number of rotatable bonds is 34. The highest BCUT2D eigenvalue weighted by Crippen LogP contribution is 2.21. The lowest BCUT2D eigenvalue weighted by Crippen LogP contribution is -2.60. The highest BCUT2D eigenvalue weighted by Gasteiger charge is 2.40. The molecule has 0 spiro atoms. The van der Waals surface area contributed by atoms with Crippen molar-refractivity contribution < 1.29 is 52.7 Å². The standard InChI is InChI=1S/C54H76N14O11.CH4/c1-2-79-36-22-20-35(21-23-36)30-40(62-46(71)31-34-15-7-4-8-16-34)49(74)66-41(29-33-13-5-3-6-14-33)50(75)64-38(24-25-44(56)69)48(73)67-42(32-45(57)70)51(76)65-39(17-9-10-26-55)53(78)68-28-12-19-43(68)52(77)63-37(47(58)72)18-11-27-61-54(59)60;/h3-8,13-16,20-23,37-43H,2,9-12,17-19,24-32,55H2,1H3,(H2,56,69)(H2,57,70)(H2,58,72)(H,62,71)(H,63,77)(H,64,75)(H,65,76)(H,66,74)(H,67,73)(H4,59,60,61);1H4. The van der Waals surface area contributed by atoms with E-state index >= 15 is 0 Å². The summed E-state index contributed by atoms with van der Waals surface area (Å²) in [4.78, 5) is 141. The highest BCUT2D eigenvalue weighted by atomic mass is 16.5. The summed E-state index contributed by atoms with van der Waals surface area (Å²) in [6.07, 6.45) is -0.0317. The first-order valence-electron chi connectivity index (χ1n) is 26.3. The first kappa shape index (κ1) is 65.7. The van der Waals surface area contributed by atoms with Crippen molar-refractivity contribution in [2.24, 2.45) is 39.4 Å². The molecule has 0 aliphatic carbocycles. The van der Waals surface area contributed by atoms with Crippen LogP contribution >= 0.6 is 0 Å². The molecule has 18 N–H and O–H groups in total. The molecule has 436 valence electrons. The fraction of sp³-hybridized carbons (Fsp3) is 0.473. The molecule has 7 atom stereocenters. The number of hydrogen-bond donors (Lipinski definition) is 12. The van der Waals surface area contributed by atoms with E-state index in [1.54, 1.807) is 84.9 Å². The minimum Gasteiger partial charge on any atom is -0.494 e. The molecule has 3 aromatic carbocycles. The Hall–Kier alpha value is -8.61. The number of unbranched alkanes of at least 4 members (excludes halogenated alkanes) is 1. The minimum atomic E-state index is -1.75. The van der Waals surface area contributed by atoms with Crippen LogP contribution in [0.15, 0.2) is 89.9 Å². The lowest BCUT2D eigenvalue weighted by molar-refractivity contribution is -0.142. The zero-order chi connectivity index (χ0) is 57.9. The maximum Gasteiger partial charge on any atom is 0.245 e. The van der Waals surface area contributed by atoms with Crippen molar-refractivity contribution in [1.29, 1.82) is 0 Å². The Kier molecular flexibility index (Phi) is 28.2. The number of ether oxygens (including phenoxy) is 1. The van der Waals surface area contributed by atoms with Gasteiger partial charge in [-0.25, -0.2) is 0 Å². The van der Waals surface area contributed by atoms with Crippen LogP contribution in [0.2, 0.25) is 0 Å². The molecule has 1 aliphatic heterocycles. The summed E-state index contributed by atoms with van der Waals surface area (Å²) in [6.45, 7) is 2.78. The van der Waals surface area contributed by atoms with E-state index in [1.807, 2.05) is 6.92 Å². The largest absolute Gasteiger partial charge is 0.494 e. The monoisotopic (exact) mass is 1110 g/mol. The maximum atomic E-state index is 14.5. The van der Waals surface area contributed by atoms with Crippen molar-refractivity contribution in [2.75, 3.05) is 26.2 Å². The number of guanidine groups is 1. The van der Waals surface area contributed by atoms with E-state index in [1.165, 1.54) is 4.90 Å². The van der Waals surface area contributed by atoms with Crippen molar-refractivity contribution >= 4 is 65.0 Å². The number of nitrogens with zero attached hydrogens (tertiary/aromatic N) is 2. The van der Waals surface area contributed by atoms with Gasteiger partial charge in [0.1, 0.15) is 48.0 Å². The molecule has 80 heavy (non-hydrogen) atoms. The number of benzene rings is 3. The molecule has 1 fully saturated rings. The SMILES string of the molecule is C.CCOc1ccc(CC(NC(=O)Cc2ccccc2)C(=O)NC(Cc2ccccc2)C(=O)NC(CCC(N)=O)C(=O)NC(CC(N)=O)C(=O)NC(CCCCN)C(=O)N2CCCC2C(=O)NC(CCCN=C(N)N)C(N)=O)cc1. The molecular formula is C55H80N14O11. The van der Waals surface area contributed by atoms with Crippen molar-refractivity contribution in [3.8, 4) is 5.75 Å². The second-order valence-electron chi connectivity index (χ2n) is 19.1. The predicted octanol–water partition coefficient (Wildman–Crippen LogP) is -1.54. The molecule has 3 aromatic rings. The molecule has 0 radical (unpaired) electrons.